The zero-order chi connectivity index (χ0) is 21.4. The summed E-state index contributed by atoms with van der Waals surface area (Å²) in [4.78, 5) is 0. The van der Waals surface area contributed by atoms with E-state index in [1.165, 1.54) is 21.3 Å². The number of benzene rings is 3. The van der Waals surface area contributed by atoms with E-state index >= 15 is 0 Å². The Kier molecular flexibility index (Phi) is 5.08. The van der Waals surface area contributed by atoms with E-state index in [-0.39, 0.29) is 17.2 Å². The van der Waals surface area contributed by atoms with Crippen molar-refractivity contribution < 1.29 is 29.5 Å². The van der Waals surface area contributed by atoms with Gasteiger partial charge in [0.15, 0.2) is 34.5 Å². The topological polar surface area (TPSA) is 88.4 Å². The number of methoxy groups -OCH3 is 3. The highest BCUT2D eigenvalue weighted by Crippen LogP contribution is 2.41. The number of phenolic OH excluding ortho intramolecular Hbond substituents is 3. The molecule has 156 valence electrons. The molecule has 30 heavy (non-hydrogen) atoms. The van der Waals surface area contributed by atoms with Crippen LogP contribution in [-0.2, 0) is 19.3 Å². The van der Waals surface area contributed by atoms with Crippen LogP contribution in [-0.4, -0.2) is 36.6 Å². The highest BCUT2D eigenvalue weighted by Gasteiger charge is 2.22. The van der Waals surface area contributed by atoms with Gasteiger partial charge in [-0.3, -0.25) is 0 Å². The normalized spacial score (nSPS) is 12.5. The predicted octanol–water partition coefficient (Wildman–Crippen LogP) is 3.92. The molecule has 0 saturated carbocycles. The van der Waals surface area contributed by atoms with Gasteiger partial charge in [0, 0.05) is 12.0 Å². The lowest BCUT2D eigenvalue weighted by atomic mass is 9.93. The summed E-state index contributed by atoms with van der Waals surface area (Å²) < 4.78 is 15.9. The molecule has 6 heteroatoms. The van der Waals surface area contributed by atoms with Gasteiger partial charge in [-0.25, -0.2) is 0 Å². The van der Waals surface area contributed by atoms with Gasteiger partial charge in [-0.2, -0.15) is 0 Å². The Labute approximate surface area is 174 Å². The average molecular weight is 408 g/mol. The zero-order valence-electron chi connectivity index (χ0n) is 17.2. The van der Waals surface area contributed by atoms with Crippen molar-refractivity contribution in [3.8, 4) is 34.5 Å². The smallest absolute Gasteiger partial charge is 0.161 e. The number of fused-ring (bicyclic) bond motifs is 3. The van der Waals surface area contributed by atoms with E-state index in [1.54, 1.807) is 24.3 Å². The molecule has 0 heterocycles. The molecule has 0 fully saturated rings. The van der Waals surface area contributed by atoms with Crippen LogP contribution in [0.1, 0.15) is 33.4 Å². The summed E-state index contributed by atoms with van der Waals surface area (Å²) in [6, 6.07) is 10.7. The summed E-state index contributed by atoms with van der Waals surface area (Å²) >= 11 is 0. The fraction of sp³-hybridized carbons (Fsp3) is 0.250. The molecule has 3 aromatic rings. The number of phenols is 3. The van der Waals surface area contributed by atoms with Crippen molar-refractivity contribution in [3.05, 3.63) is 69.8 Å². The van der Waals surface area contributed by atoms with Gasteiger partial charge in [0.05, 0.1) is 21.3 Å². The van der Waals surface area contributed by atoms with E-state index in [1.807, 2.05) is 12.1 Å². The fourth-order valence-electron chi connectivity index (χ4n) is 4.08. The lowest BCUT2D eigenvalue weighted by molar-refractivity contribution is 0.370. The Morgan fingerprint density at radius 1 is 0.567 bits per heavy atom. The fourth-order valence-corrected chi connectivity index (χ4v) is 4.08. The van der Waals surface area contributed by atoms with Gasteiger partial charge >= 0.3 is 0 Å². The first-order valence-electron chi connectivity index (χ1n) is 9.60. The molecule has 1 aliphatic rings. The van der Waals surface area contributed by atoms with Crippen LogP contribution in [0.5, 0.6) is 34.5 Å². The van der Waals surface area contributed by atoms with Crippen LogP contribution in [0.15, 0.2) is 36.4 Å². The summed E-state index contributed by atoms with van der Waals surface area (Å²) in [5.74, 6) is 1.38. The maximum Gasteiger partial charge on any atom is 0.161 e. The van der Waals surface area contributed by atoms with Crippen LogP contribution in [0.4, 0.5) is 0 Å². The molecule has 0 aliphatic heterocycles. The lowest BCUT2D eigenvalue weighted by Crippen LogP contribution is -2.00. The Balaban J connectivity index is 2.00. The van der Waals surface area contributed by atoms with Crippen LogP contribution in [0.2, 0.25) is 0 Å². The molecule has 0 unspecified atom stereocenters. The first-order chi connectivity index (χ1) is 14.4. The first-order valence-corrected chi connectivity index (χ1v) is 9.60. The van der Waals surface area contributed by atoms with Crippen LogP contribution in [0.25, 0.3) is 0 Å². The maximum atomic E-state index is 10.9. The molecule has 0 atom stereocenters. The molecular weight excluding hydrogens is 384 g/mol. The number of hydrogen-bond acceptors (Lipinski definition) is 6. The summed E-state index contributed by atoms with van der Waals surface area (Å²) in [7, 11) is 4.54. The van der Waals surface area contributed by atoms with Gasteiger partial charge < -0.3 is 29.5 Å². The molecule has 4 rings (SSSR count). The number of hydrogen-bond donors (Lipinski definition) is 3. The minimum atomic E-state index is 0.0536. The first kappa shape index (κ1) is 19.8. The second-order valence-electron chi connectivity index (χ2n) is 7.37. The molecule has 0 saturated heterocycles. The van der Waals surface area contributed by atoms with Crippen molar-refractivity contribution in [3.63, 3.8) is 0 Å². The third kappa shape index (κ3) is 3.34. The van der Waals surface area contributed by atoms with Crippen molar-refractivity contribution in [1.82, 2.24) is 0 Å². The van der Waals surface area contributed by atoms with Crippen LogP contribution in [0.3, 0.4) is 0 Å². The van der Waals surface area contributed by atoms with Crippen molar-refractivity contribution in [1.29, 1.82) is 0 Å². The van der Waals surface area contributed by atoms with E-state index in [2.05, 4.69) is 0 Å². The van der Waals surface area contributed by atoms with Gasteiger partial charge in [0.1, 0.15) is 0 Å². The van der Waals surface area contributed by atoms with E-state index < -0.39 is 0 Å². The maximum absolute atomic E-state index is 10.9. The summed E-state index contributed by atoms with van der Waals surface area (Å²) in [6.07, 6.45) is 1.50. The van der Waals surface area contributed by atoms with Crippen molar-refractivity contribution in [2.24, 2.45) is 0 Å². The van der Waals surface area contributed by atoms with Crippen molar-refractivity contribution >= 4 is 0 Å². The molecule has 1 aliphatic carbocycles. The van der Waals surface area contributed by atoms with E-state index in [0.717, 1.165) is 33.4 Å². The Morgan fingerprint density at radius 3 is 1.57 bits per heavy atom. The zero-order valence-corrected chi connectivity index (χ0v) is 17.2. The number of ether oxygens (including phenoxy) is 3. The van der Waals surface area contributed by atoms with Crippen molar-refractivity contribution in [2.45, 2.75) is 19.3 Å². The summed E-state index contributed by atoms with van der Waals surface area (Å²) in [5.41, 5.74) is 5.39. The van der Waals surface area contributed by atoms with Gasteiger partial charge in [0.25, 0.3) is 0 Å². The predicted molar refractivity (Wildman–Crippen MR) is 112 cm³/mol. The van der Waals surface area contributed by atoms with Gasteiger partial charge in [-0.15, -0.1) is 0 Å². The monoisotopic (exact) mass is 408 g/mol. The SMILES string of the molecule is COc1cc2c(cc1O)Cc1ccc(OC)c(O)c1Cc1cc(OC)c(O)cc1C2. The molecule has 0 amide bonds. The van der Waals surface area contributed by atoms with Gasteiger partial charge in [-0.1, -0.05) is 6.07 Å². The molecule has 0 spiro atoms. The van der Waals surface area contributed by atoms with Crippen LogP contribution in [0, 0.1) is 0 Å². The van der Waals surface area contributed by atoms with Crippen LogP contribution >= 0.6 is 0 Å². The number of aromatic hydroxyl groups is 3. The third-order valence-electron chi connectivity index (χ3n) is 5.69. The highest BCUT2D eigenvalue weighted by molar-refractivity contribution is 5.59. The second-order valence-corrected chi connectivity index (χ2v) is 7.37. The Bertz CT molecular complexity index is 1120. The van der Waals surface area contributed by atoms with Crippen molar-refractivity contribution in [2.75, 3.05) is 21.3 Å². The molecular formula is C24H24O6. The minimum Gasteiger partial charge on any atom is -0.504 e. The molecule has 3 aromatic carbocycles. The molecule has 6 nitrogen and oxygen atoms in total. The average Bonchev–Trinajstić information content (AvgIpc) is 2.79. The largest absolute Gasteiger partial charge is 0.504 e. The molecule has 0 aromatic heterocycles. The second kappa shape index (κ2) is 7.71. The van der Waals surface area contributed by atoms with E-state index in [0.29, 0.717) is 36.5 Å². The molecule has 0 radical (unpaired) electrons. The van der Waals surface area contributed by atoms with Gasteiger partial charge in [-0.05, 0) is 71.0 Å². The molecule has 3 N–H and O–H groups in total. The lowest BCUT2D eigenvalue weighted by Gasteiger charge is -2.16. The highest BCUT2D eigenvalue weighted by atomic mass is 16.5. The minimum absolute atomic E-state index is 0.0536. The number of rotatable bonds is 3. The summed E-state index contributed by atoms with van der Waals surface area (Å²) in [6.45, 7) is 0. The third-order valence-corrected chi connectivity index (χ3v) is 5.69. The quantitative estimate of drug-likeness (QED) is 0.476. The Hall–Kier alpha value is -3.54. The van der Waals surface area contributed by atoms with E-state index in [9.17, 15) is 15.3 Å². The Morgan fingerprint density at radius 2 is 1.03 bits per heavy atom. The standard InChI is InChI=1S/C24H24O6/c1-28-21-5-4-13-6-14-9-19(25)22(29-2)11-16(14)7-15-10-20(26)23(30-3)12-17(15)8-18(13)24(21)27/h4-5,9-12,25-27H,6-8H2,1-3H3. The van der Waals surface area contributed by atoms with Gasteiger partial charge in [0.2, 0.25) is 0 Å². The van der Waals surface area contributed by atoms with Crippen LogP contribution < -0.4 is 14.2 Å². The molecule has 0 bridgehead atoms. The van der Waals surface area contributed by atoms with E-state index in [4.69, 9.17) is 14.2 Å². The summed E-state index contributed by atoms with van der Waals surface area (Å²) in [5, 5.41) is 31.6.